The molecule has 172 valence electrons. The quantitative estimate of drug-likeness (QED) is 0.598. The Hall–Kier alpha value is -2.48. The molecule has 0 bridgehead atoms. The zero-order valence-electron chi connectivity index (χ0n) is 18.0. The van der Waals surface area contributed by atoms with Crippen LogP contribution in [0.2, 0.25) is 5.02 Å². The van der Waals surface area contributed by atoms with E-state index in [1.54, 1.807) is 30.3 Å². The zero-order chi connectivity index (χ0) is 22.3. The van der Waals surface area contributed by atoms with Gasteiger partial charge in [-0.1, -0.05) is 17.7 Å². The molecule has 0 spiro atoms. The van der Waals surface area contributed by atoms with Gasteiger partial charge in [0.15, 0.2) is 11.5 Å². The molecule has 1 amide bonds. The van der Waals surface area contributed by atoms with Crippen LogP contribution in [0.25, 0.3) is 0 Å². The number of fused-ring (bicyclic) bond motifs is 1. The topological polar surface area (TPSA) is 80.3 Å². The molecule has 2 N–H and O–H groups in total. The number of aliphatic hydroxyl groups is 1. The predicted octanol–water partition coefficient (Wildman–Crippen LogP) is 3.19. The summed E-state index contributed by atoms with van der Waals surface area (Å²) in [5.41, 5.74) is 0.691. The van der Waals surface area contributed by atoms with Crippen molar-refractivity contribution >= 4 is 17.5 Å². The molecule has 8 heteroatoms. The first kappa shape index (κ1) is 22.7. The molecule has 2 aliphatic heterocycles. The minimum Gasteiger partial charge on any atom is -0.493 e. The summed E-state index contributed by atoms with van der Waals surface area (Å²) in [5, 5.41) is 14.8. The van der Waals surface area contributed by atoms with Crippen molar-refractivity contribution in [3.8, 4) is 17.2 Å². The van der Waals surface area contributed by atoms with E-state index in [1.807, 2.05) is 12.1 Å². The second-order valence-corrected chi connectivity index (χ2v) is 8.52. The maximum absolute atomic E-state index is 12.7. The molecule has 2 atom stereocenters. The number of likely N-dealkylation sites (tertiary alicyclic amines) is 1. The SMILES string of the molecule is O=C(CCOc1ccc(Cl)cc1)N[C@H](CN1CCCC1)[C@H](O)c1ccc2c(c1)OCCO2. The fraction of sp³-hybridized carbons (Fsp3) is 0.458. The van der Waals surface area contributed by atoms with Gasteiger partial charge in [-0.05, 0) is 67.9 Å². The number of ether oxygens (including phenoxy) is 3. The van der Waals surface area contributed by atoms with Crippen LogP contribution in [-0.2, 0) is 4.79 Å². The van der Waals surface area contributed by atoms with Gasteiger partial charge in [-0.15, -0.1) is 0 Å². The van der Waals surface area contributed by atoms with Gasteiger partial charge >= 0.3 is 0 Å². The summed E-state index contributed by atoms with van der Waals surface area (Å²) < 4.78 is 16.9. The molecule has 2 heterocycles. The highest BCUT2D eigenvalue weighted by atomic mass is 35.5. The van der Waals surface area contributed by atoms with E-state index in [1.165, 1.54) is 0 Å². The fourth-order valence-corrected chi connectivity index (χ4v) is 4.14. The van der Waals surface area contributed by atoms with Crippen LogP contribution in [0.5, 0.6) is 17.2 Å². The first-order chi connectivity index (χ1) is 15.6. The highest BCUT2D eigenvalue weighted by Crippen LogP contribution is 2.33. The second kappa shape index (κ2) is 10.9. The summed E-state index contributed by atoms with van der Waals surface area (Å²) in [7, 11) is 0. The number of rotatable bonds is 9. The third kappa shape index (κ3) is 6.06. The van der Waals surface area contributed by atoms with Crippen LogP contribution in [0.3, 0.4) is 0 Å². The van der Waals surface area contributed by atoms with E-state index in [0.717, 1.165) is 25.9 Å². The smallest absolute Gasteiger partial charge is 0.223 e. The predicted molar refractivity (Wildman–Crippen MR) is 122 cm³/mol. The van der Waals surface area contributed by atoms with Gasteiger partial charge in [0.2, 0.25) is 5.91 Å². The molecule has 0 aliphatic carbocycles. The summed E-state index contributed by atoms with van der Waals surface area (Å²) in [6, 6.07) is 12.0. The number of benzene rings is 2. The average Bonchev–Trinajstić information content (AvgIpc) is 3.32. The van der Waals surface area contributed by atoms with Crippen molar-refractivity contribution in [3.63, 3.8) is 0 Å². The molecule has 0 saturated carbocycles. The third-order valence-electron chi connectivity index (χ3n) is 5.70. The fourth-order valence-electron chi connectivity index (χ4n) is 4.02. The van der Waals surface area contributed by atoms with Gasteiger partial charge in [0.1, 0.15) is 25.1 Å². The van der Waals surface area contributed by atoms with Gasteiger partial charge in [-0.25, -0.2) is 0 Å². The number of amides is 1. The summed E-state index contributed by atoms with van der Waals surface area (Å²) in [6.45, 7) is 3.76. The summed E-state index contributed by atoms with van der Waals surface area (Å²) in [5.74, 6) is 1.79. The van der Waals surface area contributed by atoms with Crippen molar-refractivity contribution in [1.29, 1.82) is 0 Å². The van der Waals surface area contributed by atoms with Crippen molar-refractivity contribution in [2.45, 2.75) is 31.4 Å². The van der Waals surface area contributed by atoms with Crippen molar-refractivity contribution < 1.29 is 24.1 Å². The Labute approximate surface area is 193 Å². The van der Waals surface area contributed by atoms with E-state index >= 15 is 0 Å². The van der Waals surface area contributed by atoms with Gasteiger partial charge in [0, 0.05) is 11.6 Å². The highest BCUT2D eigenvalue weighted by Gasteiger charge is 2.27. The van der Waals surface area contributed by atoms with Gasteiger partial charge in [0.05, 0.1) is 19.1 Å². The number of hydrogen-bond donors (Lipinski definition) is 2. The molecule has 1 saturated heterocycles. The first-order valence-electron chi connectivity index (χ1n) is 11.1. The molecule has 0 aromatic heterocycles. The number of nitrogens with zero attached hydrogens (tertiary/aromatic N) is 1. The normalized spacial score (nSPS) is 17.6. The van der Waals surface area contributed by atoms with E-state index in [0.29, 0.717) is 47.6 Å². The van der Waals surface area contributed by atoms with Crippen LogP contribution in [-0.4, -0.2) is 61.4 Å². The van der Waals surface area contributed by atoms with Crippen LogP contribution in [0.4, 0.5) is 0 Å². The third-order valence-corrected chi connectivity index (χ3v) is 5.95. The highest BCUT2D eigenvalue weighted by molar-refractivity contribution is 6.30. The van der Waals surface area contributed by atoms with E-state index in [2.05, 4.69) is 10.2 Å². The van der Waals surface area contributed by atoms with Crippen molar-refractivity contribution in [2.75, 3.05) is 39.5 Å². The number of aliphatic hydroxyl groups excluding tert-OH is 1. The average molecular weight is 461 g/mol. The molecule has 4 rings (SSSR count). The molecular weight excluding hydrogens is 432 g/mol. The lowest BCUT2D eigenvalue weighted by atomic mass is 10.0. The standard InChI is InChI=1S/C24H29ClN2O5/c25-18-4-6-19(7-5-18)30-12-9-23(28)26-20(16-27-10-1-2-11-27)24(29)17-3-8-21-22(15-17)32-14-13-31-21/h3-8,15,20,24,29H,1-2,9-14,16H2,(H,26,28)/t20-,24-/m1/s1. The van der Waals surface area contributed by atoms with Gasteiger partial charge in [-0.3, -0.25) is 4.79 Å². The zero-order valence-corrected chi connectivity index (χ0v) is 18.7. The van der Waals surface area contributed by atoms with E-state index in [4.69, 9.17) is 25.8 Å². The van der Waals surface area contributed by atoms with Crippen molar-refractivity contribution in [2.24, 2.45) is 0 Å². The summed E-state index contributed by atoms with van der Waals surface area (Å²) in [6.07, 6.45) is 1.59. The second-order valence-electron chi connectivity index (χ2n) is 8.08. The number of nitrogens with one attached hydrogen (secondary N) is 1. The monoisotopic (exact) mass is 460 g/mol. The lowest BCUT2D eigenvalue weighted by Gasteiger charge is -2.29. The molecule has 2 aliphatic rings. The molecule has 0 unspecified atom stereocenters. The Morgan fingerprint density at radius 3 is 2.56 bits per heavy atom. The Kier molecular flexibility index (Phi) is 7.73. The number of hydrogen-bond acceptors (Lipinski definition) is 6. The van der Waals surface area contributed by atoms with E-state index < -0.39 is 12.1 Å². The number of carbonyl (C=O) groups is 1. The van der Waals surface area contributed by atoms with Crippen LogP contribution in [0.15, 0.2) is 42.5 Å². The van der Waals surface area contributed by atoms with Crippen LogP contribution in [0, 0.1) is 0 Å². The maximum atomic E-state index is 12.7. The minimum absolute atomic E-state index is 0.167. The maximum Gasteiger partial charge on any atom is 0.223 e. The largest absolute Gasteiger partial charge is 0.493 e. The van der Waals surface area contributed by atoms with Crippen LogP contribution < -0.4 is 19.5 Å². The van der Waals surface area contributed by atoms with Gasteiger partial charge in [-0.2, -0.15) is 0 Å². The molecule has 0 radical (unpaired) electrons. The molecule has 1 fully saturated rings. The number of halogens is 1. The van der Waals surface area contributed by atoms with E-state index in [9.17, 15) is 9.90 Å². The number of carbonyl (C=O) groups excluding carboxylic acids is 1. The van der Waals surface area contributed by atoms with Gasteiger partial charge < -0.3 is 29.5 Å². The lowest BCUT2D eigenvalue weighted by molar-refractivity contribution is -0.123. The van der Waals surface area contributed by atoms with Crippen molar-refractivity contribution in [1.82, 2.24) is 10.2 Å². The Bertz CT molecular complexity index is 902. The first-order valence-corrected chi connectivity index (χ1v) is 11.4. The summed E-state index contributed by atoms with van der Waals surface area (Å²) >= 11 is 5.88. The minimum atomic E-state index is -0.868. The van der Waals surface area contributed by atoms with Crippen LogP contribution >= 0.6 is 11.6 Å². The molecule has 2 aromatic carbocycles. The Balaban J connectivity index is 1.38. The van der Waals surface area contributed by atoms with Crippen LogP contribution in [0.1, 0.15) is 30.9 Å². The Morgan fingerprint density at radius 2 is 1.81 bits per heavy atom. The molecular formula is C24H29ClN2O5. The van der Waals surface area contributed by atoms with E-state index in [-0.39, 0.29) is 18.9 Å². The molecule has 7 nitrogen and oxygen atoms in total. The molecule has 2 aromatic rings. The molecule has 32 heavy (non-hydrogen) atoms. The Morgan fingerprint density at radius 1 is 1.09 bits per heavy atom. The lowest BCUT2D eigenvalue weighted by Crippen LogP contribution is -2.47. The van der Waals surface area contributed by atoms with Gasteiger partial charge in [0.25, 0.3) is 0 Å². The van der Waals surface area contributed by atoms with Crippen molar-refractivity contribution in [3.05, 3.63) is 53.1 Å². The summed E-state index contributed by atoms with van der Waals surface area (Å²) in [4.78, 5) is 14.9.